The number of para-hydroxylation sites is 4. The summed E-state index contributed by atoms with van der Waals surface area (Å²) < 4.78 is 2.28. The molecule has 0 N–H and O–H groups in total. The van der Waals surface area contributed by atoms with Crippen molar-refractivity contribution in [1.29, 1.82) is 10.5 Å². The lowest BCUT2D eigenvalue weighted by atomic mass is 9.90. The fourth-order valence-electron chi connectivity index (χ4n) is 20.5. The molecule has 0 unspecified atom stereocenters. The Kier molecular flexibility index (Phi) is 19.1. The van der Waals surface area contributed by atoms with Gasteiger partial charge in [-0.1, -0.05) is 237 Å². The zero-order valence-corrected chi connectivity index (χ0v) is 72.4. The van der Waals surface area contributed by atoms with Crippen LogP contribution in [-0.4, -0.2) is 49.4 Å². The fourth-order valence-corrected chi connectivity index (χ4v) is 20.5. The van der Waals surface area contributed by atoms with E-state index in [0.29, 0.717) is 11.1 Å². The number of hydrogen-bond donors (Lipinski definition) is 0. The van der Waals surface area contributed by atoms with Crippen molar-refractivity contribution in [3.63, 3.8) is 0 Å². The molecule has 0 bridgehead atoms. The maximum atomic E-state index is 9.76. The summed E-state index contributed by atoms with van der Waals surface area (Å²) in [6, 6.07) is 140. The minimum atomic E-state index is 0.649. The van der Waals surface area contributed by atoms with Crippen LogP contribution in [0, 0.1) is 22.7 Å². The molecule has 0 saturated carbocycles. The van der Waals surface area contributed by atoms with Crippen LogP contribution >= 0.6 is 0 Å². The molecule has 12 nitrogen and oxygen atoms in total. The smallest absolute Gasteiger partial charge is 0.0998 e. The Morgan fingerprint density at radius 1 is 0.200 bits per heavy atom. The monoisotopic (exact) mass is 1720 g/mol. The Morgan fingerprint density at radius 2 is 0.556 bits per heavy atom. The Morgan fingerprint density at radius 3 is 1.04 bits per heavy atom. The predicted octanol–water partition coefficient (Wildman–Crippen LogP) is 30.8. The summed E-state index contributed by atoms with van der Waals surface area (Å²) in [5, 5.41) is 42.8. The first-order chi connectivity index (χ1) is 66.9. The van der Waals surface area contributed by atoms with Crippen LogP contribution in [-0.2, 0) is 0 Å². The second kappa shape index (κ2) is 32.8. The Hall–Kier alpha value is -18.8. The van der Waals surface area contributed by atoms with E-state index in [1.807, 2.05) is 128 Å². The molecule has 17 aromatic carbocycles. The van der Waals surface area contributed by atoms with Gasteiger partial charge in [0.1, 0.15) is 0 Å². The molecule has 0 aliphatic carbocycles. The maximum Gasteiger partial charge on any atom is 0.0998 e. The predicted molar refractivity (Wildman–Crippen MR) is 554 cm³/mol. The molecule has 10 aromatic heterocycles. The van der Waals surface area contributed by atoms with Crippen molar-refractivity contribution in [3.05, 3.63) is 449 Å². The van der Waals surface area contributed by atoms with Gasteiger partial charge in [-0.05, 0) is 223 Å². The highest BCUT2D eigenvalue weighted by molar-refractivity contribution is 6.36. The molecule has 0 spiro atoms. The van der Waals surface area contributed by atoms with Crippen LogP contribution < -0.4 is 0 Å². The van der Waals surface area contributed by atoms with Crippen LogP contribution in [0.25, 0.3) is 258 Å². The minimum absolute atomic E-state index is 0.649. The summed E-state index contributed by atoms with van der Waals surface area (Å²) in [6.07, 6.45) is 14.8. The highest BCUT2D eigenvalue weighted by atomic mass is 15.0. The van der Waals surface area contributed by atoms with Crippen molar-refractivity contribution in [3.8, 4) is 107 Å². The average Bonchev–Trinajstić information content (AvgIpc) is 1.42. The zero-order valence-electron chi connectivity index (χ0n) is 72.4. The van der Waals surface area contributed by atoms with Gasteiger partial charge >= 0.3 is 0 Å². The van der Waals surface area contributed by atoms with Crippen molar-refractivity contribution in [2.75, 3.05) is 0 Å². The first-order valence-electron chi connectivity index (χ1n) is 44.9. The van der Waals surface area contributed by atoms with Gasteiger partial charge in [-0.2, -0.15) is 10.5 Å². The lowest BCUT2D eigenvalue weighted by Gasteiger charge is -2.16. The van der Waals surface area contributed by atoms with E-state index < -0.39 is 0 Å². The fraction of sp³-hybridized carbons (Fsp3) is 0. The summed E-state index contributed by atoms with van der Waals surface area (Å²) >= 11 is 0. The van der Waals surface area contributed by atoms with Crippen molar-refractivity contribution in [2.45, 2.75) is 0 Å². The number of nitriles is 2. The Balaban J connectivity index is 0.000000109. The molecule has 12 heteroatoms. The third-order valence-electron chi connectivity index (χ3n) is 26.4. The van der Waals surface area contributed by atoms with Gasteiger partial charge in [0.05, 0.1) is 90.0 Å². The van der Waals surface area contributed by atoms with Crippen LogP contribution in [0.5, 0.6) is 0 Å². The number of nitrogens with zero attached hydrogens (tertiary/aromatic N) is 12. The summed E-state index contributed by atoms with van der Waals surface area (Å²) in [4.78, 5) is 43.7. The molecule has 0 amide bonds. The van der Waals surface area contributed by atoms with Gasteiger partial charge in [0.2, 0.25) is 0 Å². The van der Waals surface area contributed by atoms with E-state index in [9.17, 15) is 10.5 Å². The van der Waals surface area contributed by atoms with Gasteiger partial charge in [-0.25, -0.2) is 15.0 Å². The summed E-state index contributed by atoms with van der Waals surface area (Å²) in [6.45, 7) is 0. The van der Waals surface area contributed by atoms with Crippen LogP contribution in [0.15, 0.2) is 438 Å². The third kappa shape index (κ3) is 13.4. The molecule has 0 radical (unpaired) electrons. The number of fused-ring (bicyclic) bond motifs is 28. The number of aromatic nitrogens is 10. The number of benzene rings is 17. The normalized spacial score (nSPS) is 11.5. The minimum Gasteiger partial charge on any atom is -0.309 e. The molecule has 0 atom stereocenters. The summed E-state index contributed by atoms with van der Waals surface area (Å²) in [7, 11) is 0. The molecule has 135 heavy (non-hydrogen) atoms. The number of rotatable bonds is 9. The van der Waals surface area contributed by atoms with Gasteiger partial charge in [0.25, 0.3) is 0 Å². The average molecular weight is 1720 g/mol. The van der Waals surface area contributed by atoms with Crippen molar-refractivity contribution in [1.82, 2.24) is 49.4 Å². The molecule has 0 fully saturated rings. The highest BCUT2D eigenvalue weighted by Crippen LogP contribution is 2.49. The third-order valence-corrected chi connectivity index (χ3v) is 26.4. The summed E-state index contributed by atoms with van der Waals surface area (Å²) in [5.41, 5.74) is 28.4. The van der Waals surface area contributed by atoms with E-state index in [1.54, 1.807) is 0 Å². The lowest BCUT2D eigenvalue weighted by molar-refractivity contribution is 1.18. The van der Waals surface area contributed by atoms with E-state index in [4.69, 9.17) is 34.9 Å². The largest absolute Gasteiger partial charge is 0.309 e. The van der Waals surface area contributed by atoms with E-state index in [-0.39, 0.29) is 0 Å². The van der Waals surface area contributed by atoms with Gasteiger partial charge in [0, 0.05) is 169 Å². The molecule has 0 aliphatic heterocycles. The molecule has 624 valence electrons. The molecule has 0 aliphatic rings. The van der Waals surface area contributed by atoms with E-state index >= 15 is 0 Å². The Bertz CT molecular complexity index is 9630. The lowest BCUT2D eigenvalue weighted by Crippen LogP contribution is -1.95. The highest BCUT2D eigenvalue weighted by Gasteiger charge is 2.25. The zero-order chi connectivity index (χ0) is 89.6. The van der Waals surface area contributed by atoms with Crippen molar-refractivity contribution >= 4 is 163 Å². The second-order valence-corrected chi connectivity index (χ2v) is 34.0. The quantitative estimate of drug-likeness (QED) is 0.126. The first kappa shape index (κ1) is 78.5. The second-order valence-electron chi connectivity index (χ2n) is 34.0. The van der Waals surface area contributed by atoms with Crippen LogP contribution in [0.1, 0.15) is 11.1 Å². The standard InChI is InChI=1S/C45H26N4.C42H26N4.C36H20N4/c46-27-28-19-21-40-37(24-28)38-26-30(20-22-41(38)49(40)32-12-2-1-3-13-32)29-10-8-11-31(25-29)44-43-33-14-4-5-15-34(33)45-36(17-9-23-47-45)42(43)35-16-6-7-18-39(35)48-44;1-2-10-35-34(9-1)40-39(37-12-6-18-45-42(35)37)36-11-3-4-13-38(36)46-41(40)30-8-5-7-29(23-30)33-25-31(27-14-19-43-20-15-27)24-32(26-33)28-16-21-44-22-17-28;37-21-24-16-17-26(27-11-2-1-10-25(24)27)22-8-5-9-23(20-22)34-33-30-14-7-19-39-36(30)35-29(13-6-18-38-35)32(33)28-12-3-4-15-31(28)40-34/h1-26H;1-26H;1-20H. The molecule has 27 rings (SSSR count). The molecule has 10 heterocycles. The maximum absolute atomic E-state index is 9.76. The number of hydrogen-bond acceptors (Lipinski definition) is 11. The topological polar surface area (TPSA) is 169 Å². The van der Waals surface area contributed by atoms with Crippen LogP contribution in [0.2, 0.25) is 0 Å². The van der Waals surface area contributed by atoms with Crippen molar-refractivity contribution < 1.29 is 0 Å². The van der Waals surface area contributed by atoms with Gasteiger partial charge in [-0.15, -0.1) is 0 Å². The Labute approximate surface area is 773 Å². The van der Waals surface area contributed by atoms with Crippen LogP contribution in [0.3, 0.4) is 0 Å². The van der Waals surface area contributed by atoms with E-state index in [2.05, 4.69) is 336 Å². The van der Waals surface area contributed by atoms with Crippen LogP contribution in [0.4, 0.5) is 0 Å². The molecule has 27 aromatic rings. The van der Waals surface area contributed by atoms with Gasteiger partial charge in [0.15, 0.2) is 0 Å². The number of pyridine rings is 9. The van der Waals surface area contributed by atoms with E-state index in [0.717, 1.165) is 247 Å². The summed E-state index contributed by atoms with van der Waals surface area (Å²) in [5.74, 6) is 0. The molecular weight excluding hydrogens is 1650 g/mol. The molecular formula is C123H72N12. The SMILES string of the molecule is N#Cc1ccc(-c2cccc(-c3nc4ccccc4c4c5cccnc5c5ncccc5c34)c2)c2ccccc12.N#Cc1ccc2c(c1)c1cc(-c3cccc(-c4nc5ccccc5c5c6cccnc6c6ccccc6c45)c3)ccc1n2-c1ccccc1.c1cc(-c2cc(-c3ccncc3)cc(-c3ccncc3)c2)cc(-c2nc3ccccc3c3c4cccnc4c4ccccc4c23)c1. The van der Waals surface area contributed by atoms with Gasteiger partial charge in [-0.3, -0.25) is 29.9 Å². The van der Waals surface area contributed by atoms with Gasteiger partial charge < -0.3 is 4.57 Å². The van der Waals surface area contributed by atoms with E-state index in [1.165, 1.54) is 10.8 Å². The molecule has 0 saturated heterocycles. The first-order valence-corrected chi connectivity index (χ1v) is 44.9. The van der Waals surface area contributed by atoms with Crippen molar-refractivity contribution in [2.24, 2.45) is 0 Å².